The zero-order valence-corrected chi connectivity index (χ0v) is 82.8. The van der Waals surface area contributed by atoms with Crippen molar-refractivity contribution in [1.82, 2.24) is 55.8 Å². The van der Waals surface area contributed by atoms with Crippen LogP contribution in [-0.2, 0) is 57.5 Å². The normalized spacial score (nSPS) is 24.9. The van der Waals surface area contributed by atoms with Gasteiger partial charge in [-0.05, 0) is 165 Å². The summed E-state index contributed by atoms with van der Waals surface area (Å²) in [6.45, 7) is 18.4. The number of ketones is 3. The molecule has 3 aromatic heterocycles. The van der Waals surface area contributed by atoms with Crippen molar-refractivity contribution in [2.45, 2.75) is 245 Å². The number of likely N-dealkylation sites (tertiary alicyclic amines) is 1. The standard InChI is InChI=1S/C37H44N4O6.C36H43N3O6.C35H42N4O5.C2H4O2.CH4.FH/c1-23-15-17-40(25(3)43)16-9-8-12-27-21-37(27,24(2)42)39-35(44)33-19-29(22-41(33)36(23)45)47-34-20-31(26-10-6-5-7-11-26)38-32-18-28(46-4)13-14-30(32)34;1-5-11-23(2)35(43)39-22-28(19-32(39)34(42)38-36(24(3)41)21-26(36)14-9-10-17-40)45-33-20-30(25-12-7-6-8-13-25)37-31-18-27(44-4)15-16-29(31)33;1-22-14-16-36-15-8-7-11-25-20-35(25,23(2)40)38-33(41)31-18-27(21-39(31)34(22)42)44-32-19-29(24-9-5-4-6-10-24)37-30-17-26(43-3)12-13-28(30)32;1-2(3)4;;/h5-7,10-11,13-14,18,20,23,27,29,33H,8-9,12,15-17,19,21-22H2,1-4H3,(H,39,44);6-8,12-13,15-18,20,23,26,28,32H,5,9-11,14,19,21-22H2,1-4H3,(H,38,42);4-6,9-10,12-13,17,19,22,25,27,31,36H,7-8,11,14-16,18,20-21H2,1-3H3,(H,38,41);1H3,(H,3,4);1H4;1H/t23-,27?,29+,33-,37-;23-,26?,28+,32-,36-;22-,25?,27+,31-,35-;;;/m000.../s1. The summed E-state index contributed by atoms with van der Waals surface area (Å²) >= 11 is 0. The molecule has 30 nitrogen and oxygen atoms in total. The van der Waals surface area contributed by atoms with Gasteiger partial charge in [-0.25, -0.2) is 15.0 Å². The average molecular weight is 1950 g/mol. The number of aromatic nitrogens is 3. The van der Waals surface area contributed by atoms with Crippen LogP contribution in [0.15, 0.2) is 164 Å². The zero-order valence-electron chi connectivity index (χ0n) is 82.8. The van der Waals surface area contributed by atoms with E-state index in [2.05, 4.69) is 21.3 Å². The number of aldehydes is 1. The number of Topliss-reactive ketones (excluding diaryl/α,β-unsaturated/α-hetero) is 3. The summed E-state index contributed by atoms with van der Waals surface area (Å²) in [6.07, 6.45) is 12.2. The van der Waals surface area contributed by atoms with Crippen molar-refractivity contribution < 1.29 is 95.8 Å². The highest BCUT2D eigenvalue weighted by atomic mass is 19.0. The Balaban J connectivity index is 0.000000185. The maximum Gasteiger partial charge on any atom is 0.300 e. The smallest absolute Gasteiger partial charge is 0.300 e. The van der Waals surface area contributed by atoms with Crippen LogP contribution in [0.2, 0.25) is 0 Å². The van der Waals surface area contributed by atoms with Crippen LogP contribution in [0.5, 0.6) is 34.5 Å². The molecule has 3 aliphatic carbocycles. The Labute approximate surface area is 830 Å². The van der Waals surface area contributed by atoms with Crippen molar-refractivity contribution in [2.24, 2.45) is 35.5 Å². The van der Waals surface area contributed by atoms with Gasteiger partial charge < -0.3 is 79.2 Å². The van der Waals surface area contributed by atoms with E-state index in [0.717, 1.165) is 127 Å². The summed E-state index contributed by atoms with van der Waals surface area (Å²) in [5.41, 5.74) is 4.51. The topological polar surface area (TPSA) is 380 Å². The Bertz CT molecular complexity index is 6030. The van der Waals surface area contributed by atoms with Crippen molar-refractivity contribution >= 4 is 104 Å². The predicted molar refractivity (Wildman–Crippen MR) is 541 cm³/mol. The second kappa shape index (κ2) is 48.0. The fourth-order valence-corrected chi connectivity index (χ4v) is 20.8. The summed E-state index contributed by atoms with van der Waals surface area (Å²) in [5, 5.41) is 22.6. The molecule has 7 amide bonds. The first-order valence-electron chi connectivity index (χ1n) is 49.4. The Morgan fingerprint density at radius 1 is 0.528 bits per heavy atom. The van der Waals surface area contributed by atoms with E-state index in [1.54, 1.807) is 54.8 Å². The van der Waals surface area contributed by atoms with Gasteiger partial charge in [0.05, 0.1) is 74.6 Å². The molecular weight excluding hydrogens is 1810 g/mol. The van der Waals surface area contributed by atoms with Crippen LogP contribution in [0.3, 0.4) is 0 Å². The highest BCUT2D eigenvalue weighted by molar-refractivity contribution is 6.01. The van der Waals surface area contributed by atoms with Gasteiger partial charge in [-0.2, -0.15) is 0 Å². The minimum atomic E-state index is -0.937. The van der Waals surface area contributed by atoms with Gasteiger partial charge in [0.25, 0.3) is 5.97 Å². The number of carbonyl (C=O) groups is 12. The quantitative estimate of drug-likeness (QED) is 0.0277. The molecule has 5 aliphatic heterocycles. The largest absolute Gasteiger partial charge is 0.497 e. The lowest BCUT2D eigenvalue weighted by Crippen LogP contribution is -2.53. The van der Waals surface area contributed by atoms with E-state index in [9.17, 15) is 52.7 Å². The van der Waals surface area contributed by atoms with Crippen LogP contribution >= 0.6 is 0 Å². The second-order valence-electron chi connectivity index (χ2n) is 38.9. The minimum Gasteiger partial charge on any atom is -0.497 e. The molecule has 5 N–H and O–H groups in total. The van der Waals surface area contributed by atoms with Crippen LogP contribution in [0.4, 0.5) is 4.70 Å². The fourth-order valence-electron chi connectivity index (χ4n) is 20.8. The molecule has 3 unspecified atom stereocenters. The summed E-state index contributed by atoms with van der Waals surface area (Å²) in [7, 11) is 4.84. The first-order chi connectivity index (χ1) is 67.3. The molecule has 142 heavy (non-hydrogen) atoms. The third kappa shape index (κ3) is 25.2. The number of fused-ring (bicyclic) bond motifs is 7. The summed E-state index contributed by atoms with van der Waals surface area (Å²) in [5.74, 6) is 0.912. The van der Waals surface area contributed by atoms with Gasteiger partial charge in [0.15, 0.2) is 17.3 Å². The second-order valence-corrected chi connectivity index (χ2v) is 38.9. The van der Waals surface area contributed by atoms with Crippen molar-refractivity contribution in [3.05, 3.63) is 164 Å². The average Bonchev–Trinajstić information content (AvgIpc) is 1.59. The summed E-state index contributed by atoms with van der Waals surface area (Å²) in [6, 6.07) is 49.9. The molecule has 6 aromatic carbocycles. The third-order valence-electron chi connectivity index (χ3n) is 29.1. The number of methoxy groups -OCH3 is 3. The number of aliphatic carboxylic acids is 1. The van der Waals surface area contributed by atoms with Gasteiger partial charge in [0, 0.05) is 140 Å². The SMILES string of the molecule is C.CC(=O)O.CCC[C@H](C)C(=O)N1C[C@H](Oc2cc(-c3ccccc3)nc3cc(OC)ccc23)C[C@H]1C(=O)N[C@]1(C(C)=O)CC1CCCC=O.COc1ccc2c(O[C@@H]3C[C@H]4C(=O)N[C@]5(C(C)=O)CC5CCCCN(C(C)=O)CC[C@H](C)C(=O)N4C3)cc(-c3ccccc3)nc2c1.COc1ccc2c(O[C@@H]3C[C@H]4C(=O)N[C@]5(C(C)=O)CC5CCCCNCC[C@H](C)C(=O)N4C3)cc(-c3ccccc3)nc2c1.F. The van der Waals surface area contributed by atoms with Crippen molar-refractivity contribution in [2.75, 3.05) is 67.1 Å². The number of benzene rings is 6. The van der Waals surface area contributed by atoms with Crippen molar-refractivity contribution in [1.29, 1.82) is 0 Å². The molecular formula is C111H138FN11O19. The lowest BCUT2D eigenvalue weighted by Gasteiger charge is -2.29. The molecule has 3 saturated carbocycles. The van der Waals surface area contributed by atoms with Crippen LogP contribution in [0.1, 0.15) is 192 Å². The highest BCUT2D eigenvalue weighted by Gasteiger charge is 2.62. The fraction of sp³-hybridized carbons (Fsp3) is 0.486. The number of ether oxygens (including phenoxy) is 6. The predicted octanol–water partition coefficient (Wildman–Crippen LogP) is 15.7. The van der Waals surface area contributed by atoms with E-state index in [1.807, 2.05) is 191 Å². The lowest BCUT2D eigenvalue weighted by molar-refractivity contribution is -0.142. The molecule has 0 spiro atoms. The number of hydrogen-bond acceptors (Lipinski definition) is 22. The maximum atomic E-state index is 14.0. The van der Waals surface area contributed by atoms with E-state index < -0.39 is 64.9 Å². The number of carboxylic acid groups (broad SMARTS) is 1. The molecule has 5 saturated heterocycles. The van der Waals surface area contributed by atoms with E-state index >= 15 is 0 Å². The van der Waals surface area contributed by atoms with Gasteiger partial charge in [0.2, 0.25) is 41.4 Å². The molecule has 9 aromatic rings. The lowest BCUT2D eigenvalue weighted by atomic mass is 10.0. The Hall–Kier alpha value is -13.3. The van der Waals surface area contributed by atoms with E-state index in [-0.39, 0.29) is 126 Å². The summed E-state index contributed by atoms with van der Waals surface area (Å²) < 4.78 is 36.4. The Kier molecular flexibility index (Phi) is 36.3. The molecule has 0 bridgehead atoms. The van der Waals surface area contributed by atoms with Crippen LogP contribution < -0.4 is 49.7 Å². The number of halogens is 1. The maximum absolute atomic E-state index is 14.0. The minimum absolute atomic E-state index is 0. The molecule has 758 valence electrons. The molecule has 17 rings (SSSR count). The van der Waals surface area contributed by atoms with Gasteiger partial charge in [0.1, 0.15) is 93.8 Å². The number of carbonyl (C=O) groups excluding carboxylic acids is 11. The molecule has 0 radical (unpaired) electrons. The number of amides is 7. The van der Waals surface area contributed by atoms with Crippen molar-refractivity contribution in [3.8, 4) is 68.3 Å². The Morgan fingerprint density at radius 2 is 0.951 bits per heavy atom. The highest BCUT2D eigenvalue weighted by Crippen LogP contribution is 2.51. The third-order valence-corrected chi connectivity index (χ3v) is 29.1. The number of hydrogen-bond donors (Lipinski definition) is 5. The number of rotatable bonds is 24. The molecule has 8 heterocycles. The Morgan fingerprint density at radius 3 is 1.35 bits per heavy atom. The van der Waals surface area contributed by atoms with Gasteiger partial charge in [-0.1, -0.05) is 145 Å². The van der Waals surface area contributed by atoms with Crippen LogP contribution in [-0.4, -0.2) is 231 Å². The van der Waals surface area contributed by atoms with Crippen molar-refractivity contribution in [3.63, 3.8) is 0 Å². The number of nitrogens with zero attached hydrogens (tertiary/aromatic N) is 7. The number of nitrogens with one attached hydrogen (secondary N) is 4. The first-order valence-corrected chi connectivity index (χ1v) is 49.4. The van der Waals surface area contributed by atoms with E-state index in [4.69, 9.17) is 53.3 Å². The number of pyridine rings is 3. The zero-order chi connectivity index (χ0) is 99.9. The molecule has 8 fully saturated rings. The summed E-state index contributed by atoms with van der Waals surface area (Å²) in [4.78, 5) is 175. The monoisotopic (exact) mass is 1950 g/mol. The van der Waals surface area contributed by atoms with E-state index in [0.29, 0.717) is 129 Å². The number of carboxylic acids is 1. The van der Waals surface area contributed by atoms with E-state index in [1.165, 1.54) is 13.8 Å². The van der Waals surface area contributed by atoms with Gasteiger partial charge in [-0.3, -0.25) is 57.4 Å². The molecule has 8 aliphatic rings. The van der Waals surface area contributed by atoms with Gasteiger partial charge >= 0.3 is 0 Å². The first kappa shape index (κ1) is 108. The van der Waals surface area contributed by atoms with Crippen LogP contribution in [0.25, 0.3) is 66.5 Å². The number of unbranched alkanes of at least 4 members (excludes halogenated alkanes) is 1. The van der Waals surface area contributed by atoms with Gasteiger partial charge in [-0.15, -0.1) is 0 Å². The molecule has 15 atom stereocenters. The molecule has 31 heteroatoms. The van der Waals surface area contributed by atoms with Crippen LogP contribution in [0, 0.1) is 35.5 Å².